The molecule has 10 aromatic rings. The zero-order valence-electron chi connectivity index (χ0n) is 34.0. The zero-order valence-corrected chi connectivity index (χ0v) is 34.0. The molecule has 0 saturated heterocycles. The summed E-state index contributed by atoms with van der Waals surface area (Å²) in [5.74, 6) is 0. The minimum atomic E-state index is -0.603. The molecule has 2 heteroatoms. The Morgan fingerprint density at radius 2 is 0.758 bits per heavy atom. The lowest BCUT2D eigenvalue weighted by Gasteiger charge is -2.45. The maximum atomic E-state index is 5.53. The fraction of sp³-hybridized carbons (Fsp3) is 0.0167. The minimum absolute atomic E-state index is 0.603. The van der Waals surface area contributed by atoms with Crippen LogP contribution in [0.15, 0.2) is 243 Å². The number of para-hydroxylation sites is 3. The summed E-state index contributed by atoms with van der Waals surface area (Å²) >= 11 is 0. The van der Waals surface area contributed by atoms with Crippen molar-refractivity contribution in [2.75, 3.05) is 4.90 Å². The summed E-state index contributed by atoms with van der Waals surface area (Å²) < 4.78 is 0. The van der Waals surface area contributed by atoms with Crippen LogP contribution in [0.2, 0.25) is 0 Å². The molecular formula is C60H40N2. The first-order valence-corrected chi connectivity index (χ1v) is 21.4. The van der Waals surface area contributed by atoms with Crippen molar-refractivity contribution in [3.63, 3.8) is 0 Å². The molecule has 0 unspecified atom stereocenters. The summed E-state index contributed by atoms with van der Waals surface area (Å²) in [6.45, 7) is 0. The predicted molar refractivity (Wildman–Crippen MR) is 257 cm³/mol. The summed E-state index contributed by atoms with van der Waals surface area (Å²) in [5, 5.41) is 0. The maximum absolute atomic E-state index is 5.53. The van der Waals surface area contributed by atoms with Crippen LogP contribution in [0.4, 0.5) is 17.1 Å². The average molecular weight is 789 g/mol. The van der Waals surface area contributed by atoms with Gasteiger partial charge >= 0.3 is 0 Å². The van der Waals surface area contributed by atoms with E-state index in [0.717, 1.165) is 39.3 Å². The summed E-state index contributed by atoms with van der Waals surface area (Å²) in [7, 11) is 0. The molecule has 2 nitrogen and oxygen atoms in total. The van der Waals surface area contributed by atoms with Crippen LogP contribution in [0.5, 0.6) is 0 Å². The first-order valence-electron chi connectivity index (χ1n) is 21.4. The summed E-state index contributed by atoms with van der Waals surface area (Å²) in [6, 6.07) is 88.3. The van der Waals surface area contributed by atoms with Gasteiger partial charge in [-0.25, -0.2) is 4.98 Å². The zero-order chi connectivity index (χ0) is 41.0. The van der Waals surface area contributed by atoms with E-state index in [-0.39, 0.29) is 0 Å². The van der Waals surface area contributed by atoms with Crippen LogP contribution in [0, 0.1) is 0 Å². The lowest BCUT2D eigenvalue weighted by Crippen LogP contribution is -2.36. The van der Waals surface area contributed by atoms with Crippen molar-refractivity contribution in [1.29, 1.82) is 0 Å². The molecule has 1 spiro atoms. The highest BCUT2D eigenvalue weighted by atomic mass is 15.2. The molecule has 0 N–H and O–H groups in total. The van der Waals surface area contributed by atoms with Crippen molar-refractivity contribution < 1.29 is 0 Å². The van der Waals surface area contributed by atoms with E-state index in [4.69, 9.17) is 4.98 Å². The van der Waals surface area contributed by atoms with Crippen LogP contribution in [0.1, 0.15) is 22.3 Å². The topological polar surface area (TPSA) is 16.1 Å². The second kappa shape index (κ2) is 14.6. The lowest BCUT2D eigenvalue weighted by molar-refractivity contribution is 0.753. The number of hydrogen-bond acceptors (Lipinski definition) is 2. The Balaban J connectivity index is 1.15. The van der Waals surface area contributed by atoms with E-state index in [9.17, 15) is 0 Å². The van der Waals surface area contributed by atoms with Gasteiger partial charge in [0.05, 0.1) is 28.2 Å². The highest BCUT2D eigenvalue weighted by Gasteiger charge is 2.52. The molecule has 1 aliphatic heterocycles. The predicted octanol–water partition coefficient (Wildman–Crippen LogP) is 15.6. The van der Waals surface area contributed by atoms with E-state index < -0.39 is 5.41 Å². The van der Waals surface area contributed by atoms with Gasteiger partial charge in [0, 0.05) is 16.8 Å². The Hall–Kier alpha value is -8.07. The Bertz CT molecular complexity index is 3160. The van der Waals surface area contributed by atoms with Crippen molar-refractivity contribution in [3.8, 4) is 67.0 Å². The van der Waals surface area contributed by atoms with Gasteiger partial charge in [-0.15, -0.1) is 0 Å². The van der Waals surface area contributed by atoms with Crippen LogP contribution < -0.4 is 4.90 Å². The Labute approximate surface area is 362 Å². The van der Waals surface area contributed by atoms with Gasteiger partial charge in [-0.1, -0.05) is 200 Å². The molecule has 290 valence electrons. The van der Waals surface area contributed by atoms with E-state index in [1.54, 1.807) is 0 Å². The van der Waals surface area contributed by atoms with Crippen LogP contribution in [0.25, 0.3) is 67.0 Å². The molecule has 0 fully saturated rings. The van der Waals surface area contributed by atoms with Crippen LogP contribution in [0.3, 0.4) is 0 Å². The van der Waals surface area contributed by atoms with Crippen molar-refractivity contribution in [2.45, 2.75) is 5.41 Å². The second-order valence-electron chi connectivity index (χ2n) is 16.2. The van der Waals surface area contributed by atoms with Gasteiger partial charge in [0.2, 0.25) is 0 Å². The fourth-order valence-electron chi connectivity index (χ4n) is 10.2. The third kappa shape index (κ3) is 5.61. The molecule has 9 aromatic carbocycles. The number of aromatic nitrogens is 1. The molecule has 12 rings (SSSR count). The highest BCUT2D eigenvalue weighted by molar-refractivity contribution is 6.01. The van der Waals surface area contributed by atoms with Gasteiger partial charge in [-0.05, 0) is 109 Å². The minimum Gasteiger partial charge on any atom is -0.310 e. The van der Waals surface area contributed by atoms with Gasteiger partial charge in [-0.3, -0.25) is 0 Å². The van der Waals surface area contributed by atoms with Crippen LogP contribution in [-0.2, 0) is 5.41 Å². The third-order valence-corrected chi connectivity index (χ3v) is 12.9. The number of anilines is 3. The number of rotatable bonds is 6. The molecule has 2 aliphatic rings. The van der Waals surface area contributed by atoms with Crippen molar-refractivity contribution >= 4 is 17.1 Å². The SMILES string of the molecule is c1ccc(-c2ccc(-c3ccc4c(c3)-c3c(-c5cc(-c6ccccc6)cc(-c6ccccc6)n5)cccc3C43c4ccccc4N(c4ccccc4)c4ccccc43)cc2)cc1. The van der Waals surface area contributed by atoms with Gasteiger partial charge in [0.25, 0.3) is 0 Å². The van der Waals surface area contributed by atoms with E-state index in [1.807, 2.05) is 0 Å². The molecule has 1 aromatic heterocycles. The molecule has 0 bridgehead atoms. The summed E-state index contributed by atoms with van der Waals surface area (Å²) in [4.78, 5) is 7.98. The molecule has 1 aliphatic carbocycles. The molecule has 2 heterocycles. The number of hydrogen-bond donors (Lipinski definition) is 0. The average Bonchev–Trinajstić information content (AvgIpc) is 3.65. The summed E-state index contributed by atoms with van der Waals surface area (Å²) in [6.07, 6.45) is 0. The molecular weight excluding hydrogens is 749 g/mol. The van der Waals surface area contributed by atoms with E-state index in [1.165, 1.54) is 67.0 Å². The molecule has 0 amide bonds. The Morgan fingerprint density at radius 3 is 1.39 bits per heavy atom. The first kappa shape index (κ1) is 35.8. The number of fused-ring (bicyclic) bond motifs is 9. The van der Waals surface area contributed by atoms with Crippen molar-refractivity contribution in [3.05, 3.63) is 265 Å². The van der Waals surface area contributed by atoms with Gasteiger partial charge in [0.1, 0.15) is 0 Å². The summed E-state index contributed by atoms with van der Waals surface area (Å²) in [5.41, 5.74) is 21.6. The standard InChI is InChI=1S/C60H40N2/c1-5-18-41(19-6-1)43-32-34-44(35-33-43)46-36-37-51-50(38-46)59-49(56-40-47(42-20-7-2-8-21-42)39-55(61-56)45-22-9-3-10-23-45)26-17-29-54(59)60(51)52-27-13-15-30-57(52)62(48-24-11-4-12-25-48)58-31-16-14-28-53(58)60/h1-40H. The third-order valence-electron chi connectivity index (χ3n) is 12.9. The monoisotopic (exact) mass is 788 g/mol. The highest BCUT2D eigenvalue weighted by Crippen LogP contribution is 2.64. The number of benzene rings is 9. The van der Waals surface area contributed by atoms with Crippen molar-refractivity contribution in [2.24, 2.45) is 0 Å². The fourth-order valence-corrected chi connectivity index (χ4v) is 10.2. The van der Waals surface area contributed by atoms with E-state index in [2.05, 4.69) is 248 Å². The largest absolute Gasteiger partial charge is 0.310 e. The second-order valence-corrected chi connectivity index (χ2v) is 16.2. The first-order chi connectivity index (χ1) is 30.8. The van der Waals surface area contributed by atoms with Gasteiger partial charge < -0.3 is 4.90 Å². The molecule has 0 atom stereocenters. The Morgan fingerprint density at radius 1 is 0.290 bits per heavy atom. The number of pyridine rings is 1. The van der Waals surface area contributed by atoms with E-state index >= 15 is 0 Å². The number of nitrogens with zero attached hydrogens (tertiary/aromatic N) is 2. The molecule has 62 heavy (non-hydrogen) atoms. The van der Waals surface area contributed by atoms with Gasteiger partial charge in [-0.2, -0.15) is 0 Å². The quantitative estimate of drug-likeness (QED) is 0.167. The van der Waals surface area contributed by atoms with Crippen LogP contribution >= 0.6 is 0 Å². The smallest absolute Gasteiger partial charge is 0.0754 e. The normalized spacial score (nSPS) is 12.9. The molecule has 0 radical (unpaired) electrons. The lowest BCUT2D eigenvalue weighted by atomic mass is 9.64. The molecule has 0 saturated carbocycles. The van der Waals surface area contributed by atoms with Crippen LogP contribution in [-0.4, -0.2) is 4.98 Å². The Kier molecular flexibility index (Phi) is 8.43. The van der Waals surface area contributed by atoms with Crippen molar-refractivity contribution in [1.82, 2.24) is 4.98 Å². The maximum Gasteiger partial charge on any atom is 0.0754 e. The van der Waals surface area contributed by atoms with E-state index in [0.29, 0.717) is 0 Å². The van der Waals surface area contributed by atoms with Gasteiger partial charge in [0.15, 0.2) is 0 Å².